The summed E-state index contributed by atoms with van der Waals surface area (Å²) in [4.78, 5) is 0. The maximum Gasteiger partial charge on any atom is 0.173 e. The fraction of sp³-hybridized carbons (Fsp3) is 0.200. The number of methoxy groups -OCH3 is 1. The smallest absolute Gasteiger partial charge is 0.173 e. The van der Waals surface area contributed by atoms with E-state index in [-0.39, 0.29) is 22.2 Å². The van der Waals surface area contributed by atoms with E-state index in [0.717, 1.165) is 6.07 Å². The second-order valence-corrected chi connectivity index (χ2v) is 5.25. The molecule has 112 valence electrons. The van der Waals surface area contributed by atoms with Crippen molar-refractivity contribution in [2.24, 2.45) is 0 Å². The molecule has 1 atom stereocenters. The van der Waals surface area contributed by atoms with Gasteiger partial charge in [-0.25, -0.2) is 13.2 Å². The summed E-state index contributed by atoms with van der Waals surface area (Å²) in [6, 6.07) is 6.49. The normalized spacial score (nSPS) is 12.3. The molecule has 0 aliphatic heterocycles. The van der Waals surface area contributed by atoms with Crippen molar-refractivity contribution in [3.05, 3.63) is 63.4 Å². The zero-order chi connectivity index (χ0) is 15.6. The molecule has 1 unspecified atom stereocenters. The number of benzene rings is 2. The van der Waals surface area contributed by atoms with Gasteiger partial charge in [0.15, 0.2) is 23.2 Å². The molecule has 2 rings (SSSR count). The Hall–Kier alpha value is -1.53. The van der Waals surface area contributed by atoms with Crippen LogP contribution in [0.25, 0.3) is 0 Å². The molecule has 0 heterocycles. The van der Waals surface area contributed by atoms with Crippen molar-refractivity contribution >= 4 is 15.9 Å². The Bertz CT molecular complexity index is 662. The lowest BCUT2D eigenvalue weighted by molar-refractivity contribution is 0.176. The second kappa shape index (κ2) is 6.49. The van der Waals surface area contributed by atoms with Crippen LogP contribution < -0.4 is 4.74 Å². The maximum atomic E-state index is 13.6. The molecule has 0 saturated heterocycles. The van der Waals surface area contributed by atoms with E-state index in [2.05, 4.69) is 15.9 Å². The van der Waals surface area contributed by atoms with Crippen LogP contribution in [0.15, 0.2) is 34.8 Å². The highest BCUT2D eigenvalue weighted by Crippen LogP contribution is 2.30. The first-order valence-corrected chi connectivity index (χ1v) is 6.87. The van der Waals surface area contributed by atoms with Gasteiger partial charge in [-0.05, 0) is 45.3 Å². The molecule has 6 heteroatoms. The quantitative estimate of drug-likeness (QED) is 0.830. The Kier molecular flexibility index (Phi) is 4.90. The van der Waals surface area contributed by atoms with Gasteiger partial charge in [0.25, 0.3) is 0 Å². The second-order valence-electron chi connectivity index (χ2n) is 4.45. The fourth-order valence-corrected chi connectivity index (χ4v) is 2.55. The van der Waals surface area contributed by atoms with Crippen LogP contribution in [0.5, 0.6) is 5.75 Å². The van der Waals surface area contributed by atoms with Crippen molar-refractivity contribution in [2.45, 2.75) is 12.5 Å². The first-order valence-electron chi connectivity index (χ1n) is 6.08. The minimum Gasteiger partial charge on any atom is -0.494 e. The van der Waals surface area contributed by atoms with Crippen LogP contribution in [-0.4, -0.2) is 12.2 Å². The summed E-state index contributed by atoms with van der Waals surface area (Å²) >= 11 is 2.91. The Morgan fingerprint density at radius 2 is 1.86 bits per heavy atom. The van der Waals surface area contributed by atoms with Gasteiger partial charge in [0.1, 0.15) is 0 Å². The summed E-state index contributed by atoms with van der Waals surface area (Å²) in [6.45, 7) is 0. The van der Waals surface area contributed by atoms with E-state index >= 15 is 0 Å². The molecule has 0 fully saturated rings. The van der Waals surface area contributed by atoms with Gasteiger partial charge in [0, 0.05) is 6.42 Å². The van der Waals surface area contributed by atoms with Crippen molar-refractivity contribution in [3.8, 4) is 5.75 Å². The number of hydrogen-bond donors (Lipinski definition) is 1. The molecule has 0 saturated carbocycles. The molecule has 2 aromatic carbocycles. The topological polar surface area (TPSA) is 29.5 Å². The Morgan fingerprint density at radius 3 is 2.48 bits per heavy atom. The zero-order valence-corrected chi connectivity index (χ0v) is 12.6. The van der Waals surface area contributed by atoms with Gasteiger partial charge in [-0.3, -0.25) is 0 Å². The molecule has 21 heavy (non-hydrogen) atoms. The molecule has 0 radical (unpaired) electrons. The molecular weight excluding hydrogens is 349 g/mol. The van der Waals surface area contributed by atoms with Crippen LogP contribution in [0.2, 0.25) is 0 Å². The Balaban J connectivity index is 2.24. The number of aliphatic hydroxyl groups is 1. The standard InChI is InChI=1S/C15H12BrF3O2/c1-21-13-5-2-8(6-11(13)18)7-12(20)9-3-4-10(17)15(19)14(9)16/h2-6,12,20H,7H2,1H3. The first kappa shape index (κ1) is 15.9. The summed E-state index contributed by atoms with van der Waals surface area (Å²) in [5, 5.41) is 10.1. The lowest BCUT2D eigenvalue weighted by Gasteiger charge is -2.14. The molecule has 0 aliphatic rings. The Labute approximate surface area is 128 Å². The number of rotatable bonds is 4. The predicted molar refractivity (Wildman–Crippen MR) is 75.7 cm³/mol. The molecule has 2 aromatic rings. The monoisotopic (exact) mass is 360 g/mol. The van der Waals surface area contributed by atoms with Crippen LogP contribution in [0, 0.1) is 17.5 Å². The lowest BCUT2D eigenvalue weighted by Crippen LogP contribution is -2.05. The van der Waals surface area contributed by atoms with Crippen LogP contribution in [0.1, 0.15) is 17.2 Å². The van der Waals surface area contributed by atoms with Crippen molar-refractivity contribution in [3.63, 3.8) is 0 Å². The van der Waals surface area contributed by atoms with Crippen LogP contribution in [-0.2, 0) is 6.42 Å². The summed E-state index contributed by atoms with van der Waals surface area (Å²) in [7, 11) is 1.35. The summed E-state index contributed by atoms with van der Waals surface area (Å²) in [5.74, 6) is -2.52. The number of hydrogen-bond acceptors (Lipinski definition) is 2. The van der Waals surface area contributed by atoms with E-state index in [1.54, 1.807) is 6.07 Å². The lowest BCUT2D eigenvalue weighted by atomic mass is 10.0. The highest BCUT2D eigenvalue weighted by atomic mass is 79.9. The SMILES string of the molecule is COc1ccc(CC(O)c2ccc(F)c(F)c2Br)cc1F. The minimum absolute atomic E-state index is 0.0601. The molecule has 2 nitrogen and oxygen atoms in total. The fourth-order valence-electron chi connectivity index (χ4n) is 1.97. The number of halogens is 4. The average molecular weight is 361 g/mol. The highest BCUT2D eigenvalue weighted by molar-refractivity contribution is 9.10. The van der Waals surface area contributed by atoms with Gasteiger partial charge in [-0.2, -0.15) is 0 Å². The average Bonchev–Trinajstić information content (AvgIpc) is 2.45. The maximum absolute atomic E-state index is 13.6. The third-order valence-corrected chi connectivity index (χ3v) is 3.88. The van der Waals surface area contributed by atoms with Crippen molar-refractivity contribution < 1.29 is 23.0 Å². The predicted octanol–water partition coefficient (Wildman–Crippen LogP) is 4.15. The van der Waals surface area contributed by atoms with Crippen molar-refractivity contribution in [1.29, 1.82) is 0 Å². The van der Waals surface area contributed by atoms with Gasteiger partial charge >= 0.3 is 0 Å². The first-order chi connectivity index (χ1) is 9.93. The van der Waals surface area contributed by atoms with Crippen LogP contribution in [0.4, 0.5) is 13.2 Å². The molecule has 0 aliphatic carbocycles. The third-order valence-electron chi connectivity index (χ3n) is 3.07. The largest absolute Gasteiger partial charge is 0.494 e. The van der Waals surface area contributed by atoms with Gasteiger partial charge in [-0.1, -0.05) is 12.1 Å². The van der Waals surface area contributed by atoms with E-state index in [1.165, 1.54) is 25.3 Å². The Morgan fingerprint density at radius 1 is 1.14 bits per heavy atom. The zero-order valence-electron chi connectivity index (χ0n) is 11.0. The van der Waals surface area contributed by atoms with Crippen LogP contribution >= 0.6 is 15.9 Å². The summed E-state index contributed by atoms with van der Waals surface area (Å²) in [5.41, 5.74) is 0.711. The van der Waals surface area contributed by atoms with Crippen molar-refractivity contribution in [2.75, 3.05) is 7.11 Å². The molecule has 0 spiro atoms. The molecular formula is C15H12BrF3O2. The molecule has 0 amide bonds. The summed E-state index contributed by atoms with van der Waals surface area (Å²) in [6.07, 6.45) is -1.04. The van der Waals surface area contributed by atoms with Gasteiger partial charge in [0.2, 0.25) is 0 Å². The van der Waals surface area contributed by atoms with Gasteiger partial charge in [-0.15, -0.1) is 0 Å². The van der Waals surface area contributed by atoms with E-state index in [0.29, 0.717) is 5.56 Å². The van der Waals surface area contributed by atoms with Gasteiger partial charge in [0.05, 0.1) is 17.7 Å². The van der Waals surface area contributed by atoms with Crippen LogP contribution in [0.3, 0.4) is 0 Å². The highest BCUT2D eigenvalue weighted by Gasteiger charge is 2.18. The van der Waals surface area contributed by atoms with Gasteiger partial charge < -0.3 is 9.84 Å². The van der Waals surface area contributed by atoms with E-state index in [9.17, 15) is 18.3 Å². The van der Waals surface area contributed by atoms with E-state index in [4.69, 9.17) is 4.74 Å². The number of ether oxygens (including phenoxy) is 1. The number of aliphatic hydroxyl groups excluding tert-OH is 1. The van der Waals surface area contributed by atoms with Crippen molar-refractivity contribution in [1.82, 2.24) is 0 Å². The van der Waals surface area contributed by atoms with E-state index < -0.39 is 23.6 Å². The molecule has 0 bridgehead atoms. The van der Waals surface area contributed by atoms with E-state index in [1.807, 2.05) is 0 Å². The summed E-state index contributed by atoms with van der Waals surface area (Å²) < 4.78 is 44.7. The minimum atomic E-state index is -1.10. The molecule has 0 aromatic heterocycles. The third kappa shape index (κ3) is 3.39. The molecule has 1 N–H and O–H groups in total.